The molecule has 0 saturated heterocycles. The van der Waals surface area contributed by atoms with Crippen molar-refractivity contribution in [3.63, 3.8) is 0 Å². The fraction of sp³-hybridized carbons (Fsp3) is 0.500. The number of anilines is 1. The van der Waals surface area contributed by atoms with Gasteiger partial charge in [-0.3, -0.25) is 14.9 Å². The summed E-state index contributed by atoms with van der Waals surface area (Å²) in [6, 6.07) is 4.54. The summed E-state index contributed by atoms with van der Waals surface area (Å²) < 4.78 is 0. The largest absolute Gasteiger partial charge is 0.382 e. The van der Waals surface area contributed by atoms with Gasteiger partial charge in [-0.15, -0.1) is 0 Å². The number of rotatable bonds is 6. The van der Waals surface area contributed by atoms with Gasteiger partial charge in [0.1, 0.15) is 5.69 Å². The second-order valence-electron chi connectivity index (χ2n) is 4.94. The molecule has 1 rings (SSSR count). The Morgan fingerprint density at radius 3 is 2.55 bits per heavy atom. The van der Waals surface area contributed by atoms with Gasteiger partial charge in [-0.25, -0.2) is 0 Å². The highest BCUT2D eigenvalue weighted by molar-refractivity contribution is 6.01. The minimum absolute atomic E-state index is 0.0843. The van der Waals surface area contributed by atoms with E-state index in [0.717, 1.165) is 0 Å². The number of nitro groups is 1. The van der Waals surface area contributed by atoms with E-state index in [4.69, 9.17) is 0 Å². The quantitative estimate of drug-likeness (QED) is 0.641. The zero-order valence-corrected chi connectivity index (χ0v) is 12.3. The molecular weight excluding hydrogens is 258 g/mol. The number of hydrogen-bond acceptors (Lipinski definition) is 4. The Bertz CT molecular complexity index is 500. The highest BCUT2D eigenvalue weighted by atomic mass is 16.6. The summed E-state index contributed by atoms with van der Waals surface area (Å²) in [6.07, 6.45) is 0. The van der Waals surface area contributed by atoms with E-state index in [9.17, 15) is 14.9 Å². The molecule has 1 amide bonds. The maximum Gasteiger partial charge on any atom is 0.293 e. The topological polar surface area (TPSA) is 75.5 Å². The molecule has 0 fully saturated rings. The average Bonchev–Trinajstić information content (AvgIpc) is 2.42. The molecule has 0 spiro atoms. The Labute approximate surface area is 118 Å². The predicted molar refractivity (Wildman–Crippen MR) is 79.1 cm³/mol. The number of para-hydroxylation sites is 1. The molecule has 1 N–H and O–H groups in total. The maximum absolute atomic E-state index is 12.5. The zero-order chi connectivity index (χ0) is 15.3. The maximum atomic E-state index is 12.5. The van der Waals surface area contributed by atoms with Gasteiger partial charge in [0.2, 0.25) is 0 Å². The van der Waals surface area contributed by atoms with Crippen LogP contribution in [0.4, 0.5) is 11.4 Å². The van der Waals surface area contributed by atoms with Gasteiger partial charge in [-0.2, -0.15) is 0 Å². The highest BCUT2D eigenvalue weighted by Crippen LogP contribution is 2.28. The first kappa shape index (κ1) is 15.9. The average molecular weight is 279 g/mol. The molecule has 20 heavy (non-hydrogen) atoms. The molecule has 1 aromatic carbocycles. The number of carbonyl (C=O) groups is 1. The molecule has 0 aliphatic heterocycles. The first-order valence-electron chi connectivity index (χ1n) is 6.66. The van der Waals surface area contributed by atoms with Crippen molar-refractivity contribution in [3.8, 4) is 0 Å². The Morgan fingerprint density at radius 2 is 2.10 bits per heavy atom. The van der Waals surface area contributed by atoms with Crippen LogP contribution in [0.5, 0.6) is 0 Å². The fourth-order valence-electron chi connectivity index (χ4n) is 2.10. The van der Waals surface area contributed by atoms with Crippen molar-refractivity contribution in [2.24, 2.45) is 5.92 Å². The minimum atomic E-state index is -0.485. The fourth-order valence-corrected chi connectivity index (χ4v) is 2.10. The number of nitro benzene ring substituents is 1. The number of carbonyl (C=O) groups excluding carboxylic acids is 1. The van der Waals surface area contributed by atoms with E-state index in [1.165, 1.54) is 12.1 Å². The van der Waals surface area contributed by atoms with Crippen molar-refractivity contribution >= 4 is 17.3 Å². The minimum Gasteiger partial charge on any atom is -0.382 e. The lowest BCUT2D eigenvalue weighted by atomic mass is 10.1. The van der Waals surface area contributed by atoms with Crippen molar-refractivity contribution in [3.05, 3.63) is 33.9 Å². The summed E-state index contributed by atoms with van der Waals surface area (Å²) in [7, 11) is 1.58. The first-order chi connectivity index (χ1) is 9.42. The van der Waals surface area contributed by atoms with Crippen LogP contribution >= 0.6 is 0 Å². The number of nitrogens with zero attached hydrogens (tertiary/aromatic N) is 2. The van der Waals surface area contributed by atoms with Crippen LogP contribution in [-0.2, 0) is 0 Å². The van der Waals surface area contributed by atoms with E-state index in [2.05, 4.69) is 5.32 Å². The second-order valence-corrected chi connectivity index (χ2v) is 4.94. The van der Waals surface area contributed by atoms with Gasteiger partial charge in [0, 0.05) is 26.2 Å². The Balaban J connectivity index is 3.21. The molecule has 0 aliphatic carbocycles. The Hall–Kier alpha value is -2.11. The molecule has 0 aliphatic rings. The van der Waals surface area contributed by atoms with E-state index < -0.39 is 4.92 Å². The van der Waals surface area contributed by atoms with Gasteiger partial charge in [-0.05, 0) is 18.9 Å². The SMILES string of the molecule is CCN(CC(C)C)C(=O)c1cccc([N+](=O)[O-])c1NC. The van der Waals surface area contributed by atoms with Crippen LogP contribution in [-0.4, -0.2) is 35.9 Å². The summed E-state index contributed by atoms with van der Waals surface area (Å²) in [5.74, 6) is 0.157. The van der Waals surface area contributed by atoms with Gasteiger partial charge < -0.3 is 10.2 Å². The predicted octanol–water partition coefficient (Wildman–Crippen LogP) is 2.75. The van der Waals surface area contributed by atoms with E-state index in [-0.39, 0.29) is 17.3 Å². The summed E-state index contributed by atoms with van der Waals surface area (Å²) >= 11 is 0. The molecule has 6 nitrogen and oxygen atoms in total. The van der Waals surface area contributed by atoms with E-state index in [1.807, 2.05) is 20.8 Å². The molecule has 0 atom stereocenters. The van der Waals surface area contributed by atoms with Crippen molar-refractivity contribution in [1.29, 1.82) is 0 Å². The number of amides is 1. The molecule has 0 saturated carbocycles. The summed E-state index contributed by atoms with van der Waals surface area (Å²) in [6.45, 7) is 7.16. The molecule has 0 heterocycles. The second kappa shape index (κ2) is 6.88. The lowest BCUT2D eigenvalue weighted by Crippen LogP contribution is -2.34. The zero-order valence-electron chi connectivity index (χ0n) is 12.3. The molecule has 0 unspecified atom stereocenters. The summed E-state index contributed by atoms with van der Waals surface area (Å²) in [5, 5.41) is 13.8. The molecular formula is C14H21N3O3. The van der Waals surface area contributed by atoms with Crippen LogP contribution in [0, 0.1) is 16.0 Å². The van der Waals surface area contributed by atoms with Gasteiger partial charge in [0.25, 0.3) is 11.6 Å². The summed E-state index contributed by atoms with van der Waals surface area (Å²) in [4.78, 5) is 24.8. The number of benzene rings is 1. The van der Waals surface area contributed by atoms with E-state index in [1.54, 1.807) is 18.0 Å². The molecule has 1 aromatic rings. The molecule has 6 heteroatoms. The lowest BCUT2D eigenvalue weighted by Gasteiger charge is -2.24. The van der Waals surface area contributed by atoms with Gasteiger partial charge in [0.15, 0.2) is 0 Å². The normalized spacial score (nSPS) is 10.4. The van der Waals surface area contributed by atoms with E-state index in [0.29, 0.717) is 24.6 Å². The Morgan fingerprint density at radius 1 is 1.45 bits per heavy atom. The van der Waals surface area contributed by atoms with Crippen LogP contribution in [0.2, 0.25) is 0 Å². The lowest BCUT2D eigenvalue weighted by molar-refractivity contribution is -0.384. The van der Waals surface area contributed by atoms with Gasteiger partial charge in [0.05, 0.1) is 10.5 Å². The number of hydrogen-bond donors (Lipinski definition) is 1. The van der Waals surface area contributed by atoms with Crippen molar-refractivity contribution in [2.45, 2.75) is 20.8 Å². The van der Waals surface area contributed by atoms with Crippen LogP contribution in [0.3, 0.4) is 0 Å². The van der Waals surface area contributed by atoms with Crippen LogP contribution in [0.1, 0.15) is 31.1 Å². The van der Waals surface area contributed by atoms with E-state index >= 15 is 0 Å². The van der Waals surface area contributed by atoms with Gasteiger partial charge in [-0.1, -0.05) is 19.9 Å². The number of nitrogens with one attached hydrogen (secondary N) is 1. The first-order valence-corrected chi connectivity index (χ1v) is 6.66. The Kier molecular flexibility index (Phi) is 5.49. The third kappa shape index (κ3) is 3.46. The standard InChI is InChI=1S/C14H21N3O3/c1-5-16(9-10(2)3)14(18)11-7-6-8-12(17(19)20)13(11)15-4/h6-8,10,15H,5,9H2,1-4H3. The van der Waals surface area contributed by atoms with Crippen molar-refractivity contribution in [1.82, 2.24) is 4.90 Å². The third-order valence-corrected chi connectivity index (χ3v) is 2.97. The van der Waals surface area contributed by atoms with Crippen LogP contribution < -0.4 is 5.32 Å². The monoisotopic (exact) mass is 279 g/mol. The third-order valence-electron chi connectivity index (χ3n) is 2.97. The summed E-state index contributed by atoms with van der Waals surface area (Å²) in [5.41, 5.74) is 0.521. The van der Waals surface area contributed by atoms with Gasteiger partial charge >= 0.3 is 0 Å². The van der Waals surface area contributed by atoms with Crippen LogP contribution in [0.15, 0.2) is 18.2 Å². The molecule has 110 valence electrons. The van der Waals surface area contributed by atoms with Crippen LogP contribution in [0.25, 0.3) is 0 Å². The smallest absolute Gasteiger partial charge is 0.293 e. The van der Waals surface area contributed by atoms with Crippen molar-refractivity contribution in [2.75, 3.05) is 25.5 Å². The molecule has 0 aromatic heterocycles. The molecule has 0 bridgehead atoms. The molecule has 0 radical (unpaired) electrons. The van der Waals surface area contributed by atoms with Crippen molar-refractivity contribution < 1.29 is 9.72 Å². The highest BCUT2D eigenvalue weighted by Gasteiger charge is 2.23.